The van der Waals surface area contributed by atoms with Gasteiger partial charge in [-0.25, -0.2) is 4.98 Å². The number of benzene rings is 1. The second-order valence-corrected chi connectivity index (χ2v) is 6.75. The Morgan fingerprint density at radius 3 is 2.48 bits per heavy atom. The molecular weight excluding hydrogens is 368 g/mol. The first-order valence-corrected chi connectivity index (χ1v) is 9.26. The summed E-state index contributed by atoms with van der Waals surface area (Å²) >= 11 is 5.63. The van der Waals surface area contributed by atoms with Gasteiger partial charge in [-0.1, -0.05) is 0 Å². The minimum absolute atomic E-state index is 0.0120. The van der Waals surface area contributed by atoms with Crippen LogP contribution in [-0.2, 0) is 4.79 Å². The molecule has 0 aliphatic carbocycles. The van der Waals surface area contributed by atoms with Crippen LogP contribution in [0, 0.1) is 6.92 Å². The third-order valence-corrected chi connectivity index (χ3v) is 4.77. The number of primary amides is 1. The number of amides is 2. The number of hydrogen-bond donors (Lipinski definition) is 1. The van der Waals surface area contributed by atoms with Gasteiger partial charge in [-0.15, -0.1) is 11.6 Å². The van der Waals surface area contributed by atoms with E-state index in [0.717, 1.165) is 24.4 Å². The molecule has 0 saturated carbocycles. The Bertz CT molecular complexity index is 833. The topological polar surface area (TPSA) is 98.4 Å². The van der Waals surface area contributed by atoms with E-state index in [1.807, 2.05) is 6.92 Å². The van der Waals surface area contributed by atoms with Crippen LogP contribution in [0.1, 0.15) is 40.6 Å². The molecule has 1 aliphatic heterocycles. The number of halogens is 1. The summed E-state index contributed by atoms with van der Waals surface area (Å²) in [6.07, 6.45) is 1.58. The summed E-state index contributed by atoms with van der Waals surface area (Å²) < 4.78 is 5.82. The van der Waals surface area contributed by atoms with Crippen molar-refractivity contribution in [2.45, 2.75) is 25.7 Å². The predicted octanol–water partition coefficient (Wildman–Crippen LogP) is 2.62. The van der Waals surface area contributed by atoms with Gasteiger partial charge in [-0.05, 0) is 44.0 Å². The van der Waals surface area contributed by atoms with Crippen molar-refractivity contribution in [3.8, 4) is 11.6 Å². The van der Waals surface area contributed by atoms with Crippen LogP contribution in [-0.4, -0.2) is 45.7 Å². The maximum Gasteiger partial charge on any atom is 0.248 e. The van der Waals surface area contributed by atoms with Gasteiger partial charge in [-0.3, -0.25) is 9.59 Å². The summed E-state index contributed by atoms with van der Waals surface area (Å²) in [5.74, 6) is 1.39. The lowest BCUT2D eigenvalue weighted by Crippen LogP contribution is -2.38. The quantitative estimate of drug-likeness (QED) is 0.794. The summed E-state index contributed by atoms with van der Waals surface area (Å²) in [5.41, 5.74) is 6.47. The highest BCUT2D eigenvalue weighted by atomic mass is 35.5. The third kappa shape index (κ3) is 4.74. The van der Waals surface area contributed by atoms with Gasteiger partial charge < -0.3 is 15.4 Å². The number of nitrogens with zero attached hydrogens (tertiary/aromatic N) is 3. The molecule has 3 rings (SSSR count). The van der Waals surface area contributed by atoms with Gasteiger partial charge >= 0.3 is 0 Å². The molecule has 2 N–H and O–H groups in total. The molecule has 2 amide bonds. The van der Waals surface area contributed by atoms with Crippen LogP contribution in [0.3, 0.4) is 0 Å². The molecule has 1 saturated heterocycles. The number of nitrogens with two attached hydrogens (primary N) is 1. The van der Waals surface area contributed by atoms with E-state index >= 15 is 0 Å². The molecule has 0 spiro atoms. The van der Waals surface area contributed by atoms with Crippen LogP contribution in [0.15, 0.2) is 30.3 Å². The summed E-state index contributed by atoms with van der Waals surface area (Å²) in [6.45, 7) is 3.19. The summed E-state index contributed by atoms with van der Waals surface area (Å²) in [5, 5.41) is 0. The minimum atomic E-state index is -0.485. The molecule has 7 nitrogen and oxygen atoms in total. The van der Waals surface area contributed by atoms with Crippen LogP contribution in [0.25, 0.3) is 0 Å². The average Bonchev–Trinajstić information content (AvgIpc) is 2.67. The first-order valence-electron chi connectivity index (χ1n) is 8.73. The molecule has 1 fully saturated rings. The van der Waals surface area contributed by atoms with Crippen molar-refractivity contribution in [1.29, 1.82) is 0 Å². The van der Waals surface area contributed by atoms with Crippen LogP contribution in [0.5, 0.6) is 11.6 Å². The van der Waals surface area contributed by atoms with Gasteiger partial charge in [0.25, 0.3) is 0 Å². The zero-order chi connectivity index (χ0) is 19.4. The fraction of sp³-hybridized carbons (Fsp3) is 0.368. The van der Waals surface area contributed by atoms with Crippen molar-refractivity contribution < 1.29 is 14.3 Å². The van der Waals surface area contributed by atoms with E-state index in [1.165, 1.54) is 0 Å². The minimum Gasteiger partial charge on any atom is -0.439 e. The molecule has 0 bridgehead atoms. The van der Waals surface area contributed by atoms with E-state index in [1.54, 1.807) is 35.2 Å². The number of hydrogen-bond acceptors (Lipinski definition) is 5. The molecule has 2 aromatic rings. The Morgan fingerprint density at radius 1 is 1.22 bits per heavy atom. The van der Waals surface area contributed by atoms with Gasteiger partial charge in [0.05, 0.1) is 0 Å². The van der Waals surface area contributed by atoms with Gasteiger partial charge in [0.1, 0.15) is 17.5 Å². The van der Waals surface area contributed by atoms with Crippen molar-refractivity contribution in [3.05, 3.63) is 47.4 Å². The molecule has 1 aromatic carbocycles. The van der Waals surface area contributed by atoms with Crippen LogP contribution >= 0.6 is 11.6 Å². The first-order chi connectivity index (χ1) is 13.0. The maximum absolute atomic E-state index is 11.7. The molecule has 8 heteroatoms. The smallest absolute Gasteiger partial charge is 0.248 e. The van der Waals surface area contributed by atoms with Crippen molar-refractivity contribution >= 4 is 23.4 Å². The fourth-order valence-corrected chi connectivity index (χ4v) is 3.25. The Kier molecular flexibility index (Phi) is 5.91. The molecule has 2 heterocycles. The van der Waals surface area contributed by atoms with Crippen LogP contribution in [0.4, 0.5) is 0 Å². The second-order valence-electron chi connectivity index (χ2n) is 6.49. The van der Waals surface area contributed by atoms with Crippen molar-refractivity contribution in [3.63, 3.8) is 0 Å². The Morgan fingerprint density at radius 2 is 1.89 bits per heavy atom. The number of carbonyl (C=O) groups is 2. The Labute approximate surface area is 162 Å². The van der Waals surface area contributed by atoms with E-state index < -0.39 is 5.91 Å². The van der Waals surface area contributed by atoms with E-state index in [2.05, 4.69) is 9.97 Å². The second kappa shape index (κ2) is 8.35. The molecule has 142 valence electrons. The van der Waals surface area contributed by atoms with Crippen molar-refractivity contribution in [1.82, 2.24) is 14.9 Å². The van der Waals surface area contributed by atoms with Crippen LogP contribution in [0.2, 0.25) is 0 Å². The summed E-state index contributed by atoms with van der Waals surface area (Å²) in [6, 6.07) is 8.32. The molecule has 0 radical (unpaired) electrons. The van der Waals surface area contributed by atoms with E-state index in [-0.39, 0.29) is 17.7 Å². The summed E-state index contributed by atoms with van der Waals surface area (Å²) in [4.78, 5) is 33.7. The third-order valence-electron chi connectivity index (χ3n) is 4.54. The highest BCUT2D eigenvalue weighted by Crippen LogP contribution is 2.28. The number of aromatic nitrogens is 2. The highest BCUT2D eigenvalue weighted by molar-refractivity contribution is 6.27. The number of rotatable bonds is 5. The van der Waals surface area contributed by atoms with Gasteiger partial charge in [0.2, 0.25) is 17.7 Å². The number of carbonyl (C=O) groups excluding carboxylic acids is 2. The van der Waals surface area contributed by atoms with Crippen molar-refractivity contribution in [2.75, 3.05) is 19.0 Å². The molecule has 27 heavy (non-hydrogen) atoms. The normalized spacial score (nSPS) is 14.8. The molecule has 0 atom stereocenters. The molecule has 0 unspecified atom stereocenters. The predicted molar refractivity (Wildman–Crippen MR) is 101 cm³/mol. The average molecular weight is 389 g/mol. The lowest BCUT2D eigenvalue weighted by molar-refractivity contribution is -0.129. The monoisotopic (exact) mass is 388 g/mol. The zero-order valence-corrected chi connectivity index (χ0v) is 15.8. The highest BCUT2D eigenvalue weighted by Gasteiger charge is 2.25. The standard InChI is InChI=1S/C19H21ClN4O3/c1-12-10-16(27-15-4-2-13(3-5-15)18(21)26)23-19(22-12)14-6-8-24(9-7-14)17(25)11-20/h2-5,10,14H,6-9,11H2,1H3,(H2,21,26). The van der Waals surface area contributed by atoms with Gasteiger partial charge in [-0.2, -0.15) is 4.98 Å². The number of ether oxygens (including phenoxy) is 1. The van der Waals surface area contributed by atoms with Crippen molar-refractivity contribution in [2.24, 2.45) is 5.73 Å². The number of likely N-dealkylation sites (tertiary alicyclic amines) is 1. The molecule has 1 aliphatic rings. The molecule has 1 aromatic heterocycles. The summed E-state index contributed by atoms with van der Waals surface area (Å²) in [7, 11) is 0. The largest absolute Gasteiger partial charge is 0.439 e. The van der Waals surface area contributed by atoms with E-state index in [9.17, 15) is 9.59 Å². The lowest BCUT2D eigenvalue weighted by Gasteiger charge is -2.31. The maximum atomic E-state index is 11.7. The zero-order valence-electron chi connectivity index (χ0n) is 15.0. The Hall–Kier alpha value is -2.67. The van der Waals surface area contributed by atoms with Crippen LogP contribution < -0.4 is 10.5 Å². The van der Waals surface area contributed by atoms with E-state index in [4.69, 9.17) is 22.1 Å². The number of piperidine rings is 1. The van der Waals surface area contributed by atoms with E-state index in [0.29, 0.717) is 30.3 Å². The molecular formula is C19H21ClN4O3. The fourth-order valence-electron chi connectivity index (χ4n) is 3.08. The first kappa shape index (κ1) is 19.1. The van der Waals surface area contributed by atoms with Gasteiger partial charge in [0.15, 0.2) is 0 Å². The SMILES string of the molecule is Cc1cc(Oc2ccc(C(N)=O)cc2)nc(C2CCN(C(=O)CCl)CC2)n1. The number of alkyl halides is 1. The lowest BCUT2D eigenvalue weighted by atomic mass is 9.96. The number of aryl methyl sites for hydroxylation is 1. The Balaban J connectivity index is 1.71. The van der Waals surface area contributed by atoms with Gasteiger partial charge in [0, 0.05) is 36.3 Å².